The van der Waals surface area contributed by atoms with Crippen LogP contribution in [0.15, 0.2) is 47.4 Å². The van der Waals surface area contributed by atoms with Crippen molar-refractivity contribution >= 4 is 48.3 Å². The molecule has 0 radical (unpaired) electrons. The zero-order valence-electron chi connectivity index (χ0n) is 18.4. The van der Waals surface area contributed by atoms with E-state index in [0.29, 0.717) is 22.3 Å². The lowest BCUT2D eigenvalue weighted by Gasteiger charge is -2.19. The molecule has 4 rings (SSSR count). The second-order valence-corrected chi connectivity index (χ2v) is 11.6. The highest BCUT2D eigenvalue weighted by Crippen LogP contribution is 2.31. The zero-order chi connectivity index (χ0) is 22.7. The molecule has 1 aliphatic rings. The molecule has 0 unspecified atom stereocenters. The predicted molar refractivity (Wildman–Crippen MR) is 131 cm³/mol. The summed E-state index contributed by atoms with van der Waals surface area (Å²) in [6.45, 7) is 4.27. The van der Waals surface area contributed by atoms with Gasteiger partial charge in [-0.05, 0) is 61.1 Å². The number of nitrogens with zero attached hydrogens (tertiary/aromatic N) is 1. The Balaban J connectivity index is 1.46. The van der Waals surface area contributed by atoms with Crippen LogP contribution in [0.2, 0.25) is 0 Å². The zero-order valence-corrected chi connectivity index (χ0v) is 20.1. The second-order valence-electron chi connectivity index (χ2n) is 8.87. The lowest BCUT2D eigenvalue weighted by Crippen LogP contribution is -2.24. The van der Waals surface area contributed by atoms with Gasteiger partial charge in [0.15, 0.2) is 5.13 Å². The highest BCUT2D eigenvalue weighted by molar-refractivity contribution is 7.92. The maximum Gasteiger partial charge on any atom is 0.261 e. The smallest absolute Gasteiger partial charge is 0.261 e. The first-order valence-corrected chi connectivity index (χ1v) is 13.4. The average molecular weight is 472 g/mol. The van der Waals surface area contributed by atoms with E-state index >= 15 is 0 Å². The van der Waals surface area contributed by atoms with Gasteiger partial charge in [0.25, 0.3) is 10.0 Å². The molecule has 32 heavy (non-hydrogen) atoms. The molecule has 2 aromatic carbocycles. The summed E-state index contributed by atoms with van der Waals surface area (Å²) in [4.78, 5) is 17.2. The van der Waals surface area contributed by atoms with Crippen LogP contribution in [0, 0.1) is 11.8 Å². The molecule has 6 nitrogen and oxygen atoms in total. The third kappa shape index (κ3) is 5.48. The van der Waals surface area contributed by atoms with E-state index in [1.807, 2.05) is 18.2 Å². The first kappa shape index (κ1) is 22.7. The molecule has 8 heteroatoms. The molecule has 170 valence electrons. The van der Waals surface area contributed by atoms with Crippen molar-refractivity contribution in [2.75, 3.05) is 10.0 Å². The Hall–Kier alpha value is -2.45. The molecular weight excluding hydrogens is 442 g/mol. The number of fused-ring (bicyclic) bond motifs is 1. The number of sulfonamides is 1. The lowest BCUT2D eigenvalue weighted by molar-refractivity contribution is -0.120. The van der Waals surface area contributed by atoms with Crippen LogP contribution >= 0.6 is 11.3 Å². The van der Waals surface area contributed by atoms with Gasteiger partial charge in [0, 0.05) is 5.92 Å². The molecule has 3 aromatic rings. The number of thiazole rings is 1. The highest BCUT2D eigenvalue weighted by atomic mass is 32.2. The van der Waals surface area contributed by atoms with Gasteiger partial charge in [-0.15, -0.1) is 0 Å². The van der Waals surface area contributed by atoms with E-state index in [0.717, 1.165) is 42.4 Å². The van der Waals surface area contributed by atoms with Crippen molar-refractivity contribution in [3.8, 4) is 0 Å². The van der Waals surface area contributed by atoms with Crippen molar-refractivity contribution in [2.45, 2.75) is 57.3 Å². The highest BCUT2D eigenvalue weighted by Gasteiger charge is 2.22. The molecular formula is C24H29N3O3S2. The summed E-state index contributed by atoms with van der Waals surface area (Å²) in [5.41, 5.74) is 2.21. The molecule has 0 aliphatic heterocycles. The predicted octanol–water partition coefficient (Wildman–Crippen LogP) is 5.81. The molecule has 2 N–H and O–H groups in total. The van der Waals surface area contributed by atoms with E-state index in [1.165, 1.54) is 17.8 Å². The minimum Gasteiger partial charge on any atom is -0.302 e. The van der Waals surface area contributed by atoms with Gasteiger partial charge in [0.1, 0.15) is 0 Å². The monoisotopic (exact) mass is 471 g/mol. The largest absolute Gasteiger partial charge is 0.302 e. The molecule has 1 heterocycles. The maximum absolute atomic E-state index is 12.8. The van der Waals surface area contributed by atoms with E-state index in [2.05, 4.69) is 28.9 Å². The van der Waals surface area contributed by atoms with Crippen molar-refractivity contribution in [1.82, 2.24) is 4.98 Å². The quantitative estimate of drug-likeness (QED) is 0.455. The number of aromatic nitrogens is 1. The summed E-state index contributed by atoms with van der Waals surface area (Å²) >= 11 is 1.40. The Kier molecular flexibility index (Phi) is 6.81. The van der Waals surface area contributed by atoms with E-state index < -0.39 is 10.0 Å². The van der Waals surface area contributed by atoms with Crippen LogP contribution in [0.25, 0.3) is 10.2 Å². The molecule has 1 saturated carbocycles. The van der Waals surface area contributed by atoms with Gasteiger partial charge in [-0.3, -0.25) is 9.52 Å². The van der Waals surface area contributed by atoms with Crippen molar-refractivity contribution in [1.29, 1.82) is 0 Å². The average Bonchev–Trinajstić information content (AvgIpc) is 3.15. The van der Waals surface area contributed by atoms with E-state index in [9.17, 15) is 13.2 Å². The van der Waals surface area contributed by atoms with Crippen molar-refractivity contribution in [2.24, 2.45) is 11.8 Å². The Bertz CT molecular complexity index is 1190. The van der Waals surface area contributed by atoms with Gasteiger partial charge in [-0.2, -0.15) is 0 Å². The van der Waals surface area contributed by atoms with Crippen molar-refractivity contribution < 1.29 is 13.2 Å². The molecule has 0 bridgehead atoms. The molecule has 1 aromatic heterocycles. The van der Waals surface area contributed by atoms with Gasteiger partial charge in [-0.25, -0.2) is 13.4 Å². The van der Waals surface area contributed by atoms with Gasteiger partial charge < -0.3 is 5.32 Å². The first-order chi connectivity index (χ1) is 15.3. The number of benzene rings is 2. The minimum absolute atomic E-state index is 0.0330. The number of carbonyl (C=O) groups excluding carboxylic acids is 1. The van der Waals surface area contributed by atoms with E-state index in [1.54, 1.807) is 24.3 Å². The third-order valence-electron chi connectivity index (χ3n) is 5.72. The van der Waals surface area contributed by atoms with Crippen LogP contribution in [0.5, 0.6) is 0 Å². The first-order valence-electron chi connectivity index (χ1n) is 11.1. The Labute approximate surface area is 193 Å². The number of carbonyl (C=O) groups is 1. The summed E-state index contributed by atoms with van der Waals surface area (Å²) in [5.74, 6) is 0.605. The van der Waals surface area contributed by atoms with Crippen LogP contribution in [-0.4, -0.2) is 19.3 Å². The minimum atomic E-state index is -3.70. The second kappa shape index (κ2) is 9.58. The lowest BCUT2D eigenvalue weighted by atomic mass is 9.89. The van der Waals surface area contributed by atoms with E-state index in [-0.39, 0.29) is 16.7 Å². The number of hydrogen-bond acceptors (Lipinski definition) is 5. The standard InChI is InChI=1S/C24H29N3O3S2/c1-16(2)14-17-8-11-20(12-9-17)32(29,30)27-19-10-13-22-21(15-19)25-24(31-22)26-23(28)18-6-4-3-5-7-18/h8-13,15-16,18,27H,3-7,14H2,1-2H3,(H,25,26,28). The molecule has 0 atom stereocenters. The van der Waals surface area contributed by atoms with Crippen molar-refractivity contribution in [3.05, 3.63) is 48.0 Å². The molecule has 1 amide bonds. The fourth-order valence-corrected chi connectivity index (χ4v) is 6.01. The molecule has 1 aliphatic carbocycles. The van der Waals surface area contributed by atoms with Crippen LogP contribution in [0.3, 0.4) is 0 Å². The number of hydrogen-bond donors (Lipinski definition) is 2. The fraction of sp³-hybridized carbons (Fsp3) is 0.417. The topological polar surface area (TPSA) is 88.2 Å². The van der Waals surface area contributed by atoms with Gasteiger partial charge in [0.2, 0.25) is 5.91 Å². The van der Waals surface area contributed by atoms with Crippen molar-refractivity contribution in [3.63, 3.8) is 0 Å². The number of amides is 1. The SMILES string of the molecule is CC(C)Cc1ccc(S(=O)(=O)Nc2ccc3sc(NC(=O)C4CCCCC4)nc3c2)cc1. The Morgan fingerprint density at radius 3 is 2.50 bits per heavy atom. The Morgan fingerprint density at radius 1 is 1.09 bits per heavy atom. The third-order valence-corrected chi connectivity index (χ3v) is 8.07. The molecule has 1 fully saturated rings. The fourth-order valence-electron chi connectivity index (χ4n) is 4.11. The summed E-state index contributed by atoms with van der Waals surface area (Å²) in [6.07, 6.45) is 6.17. The molecule has 0 saturated heterocycles. The van der Waals surface area contributed by atoms with Crippen LogP contribution < -0.4 is 10.0 Å². The van der Waals surface area contributed by atoms with Gasteiger partial charge in [0.05, 0.1) is 20.8 Å². The van der Waals surface area contributed by atoms with Gasteiger partial charge in [-0.1, -0.05) is 56.6 Å². The summed E-state index contributed by atoms with van der Waals surface area (Å²) < 4.78 is 29.2. The summed E-state index contributed by atoms with van der Waals surface area (Å²) in [6, 6.07) is 12.2. The maximum atomic E-state index is 12.8. The number of anilines is 2. The van der Waals surface area contributed by atoms with Gasteiger partial charge >= 0.3 is 0 Å². The number of nitrogens with one attached hydrogen (secondary N) is 2. The van der Waals surface area contributed by atoms with Crippen LogP contribution in [-0.2, 0) is 21.2 Å². The normalized spacial score (nSPS) is 15.2. The number of rotatable bonds is 7. The summed E-state index contributed by atoms with van der Waals surface area (Å²) in [7, 11) is -3.70. The summed E-state index contributed by atoms with van der Waals surface area (Å²) in [5, 5.41) is 3.50. The van der Waals surface area contributed by atoms with Crippen LogP contribution in [0.1, 0.15) is 51.5 Å². The van der Waals surface area contributed by atoms with E-state index in [4.69, 9.17) is 0 Å². The van der Waals surface area contributed by atoms with Crippen LogP contribution in [0.4, 0.5) is 10.8 Å². The Morgan fingerprint density at radius 2 is 1.81 bits per heavy atom. The molecule has 0 spiro atoms.